The molecular weight excluding hydrogens is 262 g/mol. The first-order valence-corrected chi connectivity index (χ1v) is 8.38. The number of hydrogen-bond acceptors (Lipinski definition) is 4. The van der Waals surface area contributed by atoms with Gasteiger partial charge in [0, 0.05) is 13.2 Å². The summed E-state index contributed by atoms with van der Waals surface area (Å²) in [6.45, 7) is 2.59. The average molecular weight is 283 g/mol. The minimum Gasteiger partial charge on any atom is -0.396 e. The highest BCUT2D eigenvalue weighted by atomic mass is 32.2. The molecule has 5 heteroatoms. The predicted molar refractivity (Wildman–Crippen MR) is 74.7 cm³/mol. The van der Waals surface area contributed by atoms with E-state index < -0.39 is 9.84 Å². The van der Waals surface area contributed by atoms with Crippen molar-refractivity contribution in [2.24, 2.45) is 5.92 Å². The Morgan fingerprint density at radius 2 is 1.79 bits per heavy atom. The Hall–Kier alpha value is -0.910. The Morgan fingerprint density at radius 3 is 2.37 bits per heavy atom. The van der Waals surface area contributed by atoms with E-state index in [4.69, 9.17) is 5.11 Å². The van der Waals surface area contributed by atoms with Gasteiger partial charge in [0.1, 0.15) is 0 Å². The molecule has 1 fully saturated rings. The zero-order valence-corrected chi connectivity index (χ0v) is 11.8. The summed E-state index contributed by atoms with van der Waals surface area (Å²) in [5, 5.41) is 9.07. The number of aliphatic hydroxyl groups excluding tert-OH is 1. The van der Waals surface area contributed by atoms with Crippen LogP contribution in [0.1, 0.15) is 12.8 Å². The zero-order valence-electron chi connectivity index (χ0n) is 11.0. The first kappa shape index (κ1) is 14.5. The molecule has 1 heterocycles. The number of rotatable bonds is 5. The number of hydrogen-bond donors (Lipinski definition) is 1. The Balaban J connectivity index is 1.86. The summed E-state index contributed by atoms with van der Waals surface area (Å²) in [6, 6.07) is 8.61. The van der Waals surface area contributed by atoms with Crippen molar-refractivity contribution >= 4 is 9.84 Å². The van der Waals surface area contributed by atoms with Crippen LogP contribution in [-0.2, 0) is 9.84 Å². The van der Waals surface area contributed by atoms with E-state index in [9.17, 15) is 8.42 Å². The van der Waals surface area contributed by atoms with Crippen LogP contribution in [0.15, 0.2) is 35.2 Å². The van der Waals surface area contributed by atoms with E-state index in [0.29, 0.717) is 17.4 Å². The van der Waals surface area contributed by atoms with Crippen molar-refractivity contribution in [1.82, 2.24) is 4.90 Å². The molecule has 0 unspecified atom stereocenters. The second-order valence-electron chi connectivity index (χ2n) is 5.10. The predicted octanol–water partition coefficient (Wildman–Crippen LogP) is 1.16. The highest BCUT2D eigenvalue weighted by Crippen LogP contribution is 2.17. The lowest BCUT2D eigenvalue weighted by Crippen LogP contribution is -2.37. The van der Waals surface area contributed by atoms with Crippen molar-refractivity contribution < 1.29 is 13.5 Å². The van der Waals surface area contributed by atoms with Gasteiger partial charge in [-0.1, -0.05) is 18.2 Å². The molecule has 0 aromatic heterocycles. The molecule has 0 atom stereocenters. The molecule has 1 N–H and O–H groups in total. The topological polar surface area (TPSA) is 57.6 Å². The molecule has 4 nitrogen and oxygen atoms in total. The quantitative estimate of drug-likeness (QED) is 0.881. The molecule has 0 bridgehead atoms. The van der Waals surface area contributed by atoms with Gasteiger partial charge in [0.05, 0.1) is 10.6 Å². The van der Waals surface area contributed by atoms with Crippen LogP contribution in [0, 0.1) is 5.92 Å². The molecule has 0 radical (unpaired) electrons. The molecule has 0 spiro atoms. The second-order valence-corrected chi connectivity index (χ2v) is 7.21. The average Bonchev–Trinajstić information content (AvgIpc) is 2.47. The van der Waals surface area contributed by atoms with E-state index in [1.165, 1.54) is 0 Å². The second kappa shape index (κ2) is 6.50. The number of aliphatic hydroxyl groups is 1. The van der Waals surface area contributed by atoms with Gasteiger partial charge in [0.25, 0.3) is 0 Å². The smallest absolute Gasteiger partial charge is 0.179 e. The number of likely N-dealkylation sites (tertiary alicyclic amines) is 1. The number of piperidine rings is 1. The molecule has 0 saturated carbocycles. The summed E-state index contributed by atoms with van der Waals surface area (Å²) in [5.74, 6) is 0.558. The maximum Gasteiger partial charge on any atom is 0.179 e. The Bertz CT molecular complexity index is 479. The van der Waals surface area contributed by atoms with Crippen LogP contribution in [0.5, 0.6) is 0 Å². The highest BCUT2D eigenvalue weighted by molar-refractivity contribution is 7.91. The zero-order chi connectivity index (χ0) is 13.7. The van der Waals surface area contributed by atoms with Crippen LogP contribution in [0.3, 0.4) is 0 Å². The third-order valence-corrected chi connectivity index (χ3v) is 5.45. The fraction of sp³-hybridized carbons (Fsp3) is 0.571. The first-order valence-electron chi connectivity index (χ1n) is 6.73. The highest BCUT2D eigenvalue weighted by Gasteiger charge is 2.21. The van der Waals surface area contributed by atoms with E-state index in [0.717, 1.165) is 25.9 Å². The van der Waals surface area contributed by atoms with Gasteiger partial charge in [0.15, 0.2) is 9.84 Å². The maximum absolute atomic E-state index is 12.1. The molecule has 0 aliphatic carbocycles. The van der Waals surface area contributed by atoms with Gasteiger partial charge in [-0.3, -0.25) is 0 Å². The van der Waals surface area contributed by atoms with E-state index in [-0.39, 0.29) is 12.4 Å². The van der Waals surface area contributed by atoms with Gasteiger partial charge in [-0.05, 0) is 44.0 Å². The number of benzene rings is 1. The summed E-state index contributed by atoms with van der Waals surface area (Å²) in [4.78, 5) is 2.58. The summed E-state index contributed by atoms with van der Waals surface area (Å²) >= 11 is 0. The van der Waals surface area contributed by atoms with E-state index in [1.807, 2.05) is 6.07 Å². The SMILES string of the molecule is O=S(=O)(CCN1CCC(CO)CC1)c1ccccc1. The van der Waals surface area contributed by atoms with Crippen molar-refractivity contribution in [3.63, 3.8) is 0 Å². The third-order valence-electron chi connectivity index (χ3n) is 3.74. The van der Waals surface area contributed by atoms with Crippen molar-refractivity contribution in [2.75, 3.05) is 32.0 Å². The molecule has 1 aliphatic rings. The van der Waals surface area contributed by atoms with Crippen LogP contribution in [-0.4, -0.2) is 50.4 Å². The van der Waals surface area contributed by atoms with Gasteiger partial charge >= 0.3 is 0 Å². The Labute approximate surface area is 115 Å². The molecule has 106 valence electrons. The molecule has 1 aromatic rings. The Kier molecular flexibility index (Phi) is 4.96. The summed E-state index contributed by atoms with van der Waals surface area (Å²) in [7, 11) is -3.17. The lowest BCUT2D eigenvalue weighted by Gasteiger charge is -2.30. The maximum atomic E-state index is 12.1. The minimum absolute atomic E-state index is 0.167. The summed E-state index contributed by atoms with van der Waals surface area (Å²) in [6.07, 6.45) is 1.92. The van der Waals surface area contributed by atoms with Gasteiger partial charge in [-0.25, -0.2) is 8.42 Å². The monoisotopic (exact) mass is 283 g/mol. The number of sulfone groups is 1. The minimum atomic E-state index is -3.17. The standard InChI is InChI=1S/C14H21NO3S/c16-12-13-6-8-15(9-7-13)10-11-19(17,18)14-4-2-1-3-5-14/h1-5,13,16H,6-12H2. The molecule has 1 aromatic carbocycles. The van der Waals surface area contributed by atoms with Crippen LogP contribution >= 0.6 is 0 Å². The van der Waals surface area contributed by atoms with Crippen LogP contribution in [0.2, 0.25) is 0 Å². The van der Waals surface area contributed by atoms with Crippen molar-refractivity contribution in [3.05, 3.63) is 30.3 Å². The van der Waals surface area contributed by atoms with E-state index in [1.54, 1.807) is 24.3 Å². The molecule has 0 amide bonds. The fourth-order valence-corrected chi connectivity index (χ4v) is 3.69. The Morgan fingerprint density at radius 1 is 1.16 bits per heavy atom. The molecule has 2 rings (SSSR count). The summed E-state index contributed by atoms with van der Waals surface area (Å²) in [5.41, 5.74) is 0. The van der Waals surface area contributed by atoms with Crippen LogP contribution in [0.25, 0.3) is 0 Å². The van der Waals surface area contributed by atoms with Crippen LogP contribution in [0.4, 0.5) is 0 Å². The van der Waals surface area contributed by atoms with Gasteiger partial charge in [-0.15, -0.1) is 0 Å². The van der Waals surface area contributed by atoms with E-state index in [2.05, 4.69) is 4.90 Å². The number of nitrogens with zero attached hydrogens (tertiary/aromatic N) is 1. The van der Waals surface area contributed by atoms with Crippen molar-refractivity contribution in [1.29, 1.82) is 0 Å². The fourth-order valence-electron chi connectivity index (χ4n) is 2.39. The van der Waals surface area contributed by atoms with Gasteiger partial charge in [0.2, 0.25) is 0 Å². The normalized spacial score (nSPS) is 18.6. The molecule has 19 heavy (non-hydrogen) atoms. The molecule has 1 aliphatic heterocycles. The molecular formula is C14H21NO3S. The largest absolute Gasteiger partial charge is 0.396 e. The van der Waals surface area contributed by atoms with Gasteiger partial charge < -0.3 is 10.0 Å². The third kappa shape index (κ3) is 4.03. The van der Waals surface area contributed by atoms with Crippen LogP contribution < -0.4 is 0 Å². The lowest BCUT2D eigenvalue weighted by atomic mass is 9.98. The van der Waals surface area contributed by atoms with Gasteiger partial charge in [-0.2, -0.15) is 0 Å². The van der Waals surface area contributed by atoms with Crippen molar-refractivity contribution in [2.45, 2.75) is 17.7 Å². The lowest BCUT2D eigenvalue weighted by molar-refractivity contribution is 0.136. The summed E-state index contributed by atoms with van der Waals surface area (Å²) < 4.78 is 24.3. The molecule has 1 saturated heterocycles. The van der Waals surface area contributed by atoms with Crippen molar-refractivity contribution in [3.8, 4) is 0 Å². The van der Waals surface area contributed by atoms with E-state index >= 15 is 0 Å². The first-order chi connectivity index (χ1) is 9.12.